The molecule has 4 heterocycles. The van der Waals surface area contributed by atoms with Gasteiger partial charge in [0.1, 0.15) is 0 Å². The number of anilines is 2. The first-order chi connectivity index (χ1) is 16.2. The van der Waals surface area contributed by atoms with E-state index in [2.05, 4.69) is 30.2 Å². The lowest BCUT2D eigenvalue weighted by Crippen LogP contribution is -2.38. The Morgan fingerprint density at radius 1 is 0.970 bits per heavy atom. The maximum Gasteiger partial charge on any atom is 0.255 e. The Kier molecular flexibility index (Phi) is 6.16. The summed E-state index contributed by atoms with van der Waals surface area (Å²) < 4.78 is 7.23. The first-order valence-electron chi connectivity index (χ1n) is 11.4. The van der Waals surface area contributed by atoms with E-state index in [9.17, 15) is 4.79 Å². The number of nitrogens with one attached hydrogen (secondary N) is 1. The van der Waals surface area contributed by atoms with Crippen LogP contribution in [0.15, 0.2) is 36.5 Å². The van der Waals surface area contributed by atoms with Gasteiger partial charge in [-0.3, -0.25) is 4.79 Å². The zero-order valence-corrected chi connectivity index (χ0v) is 18.8. The van der Waals surface area contributed by atoms with E-state index in [0.29, 0.717) is 36.5 Å². The van der Waals surface area contributed by atoms with Gasteiger partial charge < -0.3 is 19.9 Å². The van der Waals surface area contributed by atoms with Crippen LogP contribution in [0, 0.1) is 6.92 Å². The van der Waals surface area contributed by atoms with Crippen molar-refractivity contribution in [3.63, 3.8) is 0 Å². The van der Waals surface area contributed by atoms with Crippen LogP contribution in [0.3, 0.4) is 0 Å². The highest BCUT2D eigenvalue weighted by Crippen LogP contribution is 2.20. The summed E-state index contributed by atoms with van der Waals surface area (Å²) >= 11 is 0. The highest BCUT2D eigenvalue weighted by atomic mass is 16.5. The molecule has 0 unspecified atom stereocenters. The predicted octanol–water partition coefficient (Wildman–Crippen LogP) is 1.73. The van der Waals surface area contributed by atoms with Gasteiger partial charge in [-0.25, -0.2) is 4.68 Å². The summed E-state index contributed by atoms with van der Waals surface area (Å²) in [4.78, 5) is 31.3. The molecule has 0 saturated carbocycles. The molecule has 0 spiro atoms. The number of rotatable bonds is 6. The number of benzene rings is 1. The van der Waals surface area contributed by atoms with Gasteiger partial charge in [-0.2, -0.15) is 20.1 Å². The molecule has 1 amide bonds. The highest BCUT2D eigenvalue weighted by Gasteiger charge is 2.22. The molecule has 2 aliphatic heterocycles. The Hall–Kier alpha value is -3.53. The molecule has 0 atom stereocenters. The van der Waals surface area contributed by atoms with E-state index in [1.54, 1.807) is 10.9 Å². The minimum absolute atomic E-state index is 0.203. The van der Waals surface area contributed by atoms with E-state index in [4.69, 9.17) is 9.72 Å². The van der Waals surface area contributed by atoms with Crippen molar-refractivity contribution in [3.05, 3.63) is 53.6 Å². The Labute approximate surface area is 192 Å². The van der Waals surface area contributed by atoms with Crippen LogP contribution in [0.4, 0.5) is 11.9 Å². The van der Waals surface area contributed by atoms with E-state index in [0.717, 1.165) is 50.4 Å². The second kappa shape index (κ2) is 9.53. The molecule has 33 heavy (non-hydrogen) atoms. The van der Waals surface area contributed by atoms with Gasteiger partial charge in [0, 0.05) is 26.2 Å². The first kappa shape index (κ1) is 21.3. The maximum atomic E-state index is 12.9. The smallest absolute Gasteiger partial charge is 0.255 e. The number of ether oxygens (including phenoxy) is 1. The van der Waals surface area contributed by atoms with Crippen LogP contribution in [0.25, 0.3) is 5.69 Å². The van der Waals surface area contributed by atoms with Gasteiger partial charge >= 0.3 is 0 Å². The molecule has 172 valence electrons. The summed E-state index contributed by atoms with van der Waals surface area (Å²) in [7, 11) is 0. The number of para-hydroxylation sites is 1. The minimum Gasteiger partial charge on any atom is -0.378 e. The molecule has 2 fully saturated rings. The van der Waals surface area contributed by atoms with Crippen LogP contribution >= 0.6 is 0 Å². The van der Waals surface area contributed by atoms with Crippen molar-refractivity contribution >= 4 is 17.8 Å². The van der Waals surface area contributed by atoms with Gasteiger partial charge in [0.2, 0.25) is 11.9 Å². The monoisotopic (exact) mass is 448 g/mol. The zero-order chi connectivity index (χ0) is 22.6. The first-order valence-corrected chi connectivity index (χ1v) is 11.4. The van der Waals surface area contributed by atoms with Crippen molar-refractivity contribution in [2.45, 2.75) is 26.3 Å². The summed E-state index contributed by atoms with van der Waals surface area (Å²) in [5.74, 6) is 1.68. The fraction of sp³-hybridized carbons (Fsp3) is 0.435. The summed E-state index contributed by atoms with van der Waals surface area (Å²) in [6, 6.07) is 9.76. The molecule has 1 N–H and O–H groups in total. The predicted molar refractivity (Wildman–Crippen MR) is 124 cm³/mol. The van der Waals surface area contributed by atoms with E-state index in [1.165, 1.54) is 0 Å². The standard InChI is InChI=1S/C23H28N8O2/c1-17-19(15-25-31(17)18-7-3-2-4-8-18)21(32)24-16-20-26-22(29-9-5-6-10-29)28-23(27-20)30-11-13-33-14-12-30/h2-4,7-8,15H,5-6,9-14,16H2,1H3,(H,24,32). The van der Waals surface area contributed by atoms with E-state index in [-0.39, 0.29) is 12.5 Å². The number of amides is 1. The van der Waals surface area contributed by atoms with E-state index in [1.807, 2.05) is 37.3 Å². The summed E-state index contributed by atoms with van der Waals surface area (Å²) in [5.41, 5.74) is 2.22. The van der Waals surface area contributed by atoms with Gasteiger partial charge in [0.05, 0.1) is 42.9 Å². The minimum atomic E-state index is -0.203. The van der Waals surface area contributed by atoms with Crippen LogP contribution in [-0.4, -0.2) is 70.0 Å². The van der Waals surface area contributed by atoms with Crippen LogP contribution in [0.2, 0.25) is 0 Å². The molecule has 5 rings (SSSR count). The fourth-order valence-electron chi connectivity index (χ4n) is 4.15. The van der Waals surface area contributed by atoms with Gasteiger partial charge in [0.15, 0.2) is 5.82 Å². The van der Waals surface area contributed by atoms with Gasteiger partial charge in [-0.15, -0.1) is 0 Å². The summed E-state index contributed by atoms with van der Waals surface area (Å²) in [6.07, 6.45) is 3.87. The highest BCUT2D eigenvalue weighted by molar-refractivity contribution is 5.95. The zero-order valence-electron chi connectivity index (χ0n) is 18.8. The van der Waals surface area contributed by atoms with E-state index >= 15 is 0 Å². The largest absolute Gasteiger partial charge is 0.378 e. The number of aromatic nitrogens is 5. The van der Waals surface area contributed by atoms with Gasteiger partial charge in [-0.1, -0.05) is 18.2 Å². The van der Waals surface area contributed by atoms with Crippen LogP contribution in [0.5, 0.6) is 0 Å². The maximum absolute atomic E-state index is 12.9. The van der Waals surface area contributed by atoms with Crippen molar-refractivity contribution in [3.8, 4) is 5.69 Å². The van der Waals surface area contributed by atoms with Gasteiger partial charge in [0.25, 0.3) is 5.91 Å². The third-order valence-electron chi connectivity index (χ3n) is 6.00. The molecule has 1 aromatic carbocycles. The molecule has 2 aliphatic rings. The number of nitrogens with zero attached hydrogens (tertiary/aromatic N) is 7. The lowest BCUT2D eigenvalue weighted by Gasteiger charge is -2.28. The Bertz CT molecular complexity index is 1100. The second-order valence-electron chi connectivity index (χ2n) is 8.22. The molecule has 0 bridgehead atoms. The molecule has 10 heteroatoms. The number of carbonyl (C=O) groups is 1. The molecule has 10 nitrogen and oxygen atoms in total. The van der Waals surface area contributed by atoms with Crippen LogP contribution in [-0.2, 0) is 11.3 Å². The lowest BCUT2D eigenvalue weighted by molar-refractivity contribution is 0.0949. The van der Waals surface area contributed by atoms with Crippen molar-refractivity contribution in [1.82, 2.24) is 30.0 Å². The molecule has 2 aromatic heterocycles. The Morgan fingerprint density at radius 2 is 1.64 bits per heavy atom. The van der Waals surface area contributed by atoms with Crippen molar-refractivity contribution < 1.29 is 9.53 Å². The quantitative estimate of drug-likeness (QED) is 0.609. The van der Waals surface area contributed by atoms with Crippen LogP contribution < -0.4 is 15.1 Å². The third-order valence-corrected chi connectivity index (χ3v) is 6.00. The normalized spacial score (nSPS) is 16.3. The number of morpholine rings is 1. The summed E-state index contributed by atoms with van der Waals surface area (Å²) in [6.45, 7) is 6.78. The molecule has 3 aromatic rings. The van der Waals surface area contributed by atoms with Crippen molar-refractivity contribution in [2.75, 3.05) is 49.2 Å². The molecular formula is C23H28N8O2. The SMILES string of the molecule is Cc1c(C(=O)NCc2nc(N3CCCC3)nc(N3CCOCC3)n2)cnn1-c1ccccc1. The lowest BCUT2D eigenvalue weighted by atomic mass is 10.2. The second-order valence-corrected chi connectivity index (χ2v) is 8.22. The molecule has 0 aliphatic carbocycles. The van der Waals surface area contributed by atoms with Crippen molar-refractivity contribution in [1.29, 1.82) is 0 Å². The van der Waals surface area contributed by atoms with E-state index < -0.39 is 0 Å². The third kappa shape index (κ3) is 4.65. The molecule has 0 radical (unpaired) electrons. The summed E-state index contributed by atoms with van der Waals surface area (Å²) in [5, 5.41) is 7.36. The number of hydrogen-bond donors (Lipinski definition) is 1. The molecule has 2 saturated heterocycles. The average molecular weight is 449 g/mol. The fourth-order valence-corrected chi connectivity index (χ4v) is 4.15. The topological polar surface area (TPSA) is 101 Å². The number of carbonyl (C=O) groups excluding carboxylic acids is 1. The molecular weight excluding hydrogens is 420 g/mol. The number of hydrogen-bond acceptors (Lipinski definition) is 8. The van der Waals surface area contributed by atoms with Gasteiger partial charge in [-0.05, 0) is 31.9 Å². The average Bonchev–Trinajstić information content (AvgIpc) is 3.54. The Morgan fingerprint density at radius 3 is 2.33 bits per heavy atom. The van der Waals surface area contributed by atoms with Crippen molar-refractivity contribution in [2.24, 2.45) is 0 Å². The Balaban J connectivity index is 1.34. The van der Waals surface area contributed by atoms with Crippen LogP contribution in [0.1, 0.15) is 34.7 Å².